The molecule has 0 unspecified atom stereocenters. The monoisotopic (exact) mass is 335 g/mol. The maximum Gasteiger partial charge on any atom is 0.289 e. The molecule has 2 aromatic carbocycles. The lowest BCUT2D eigenvalue weighted by molar-refractivity contribution is -0.394. The number of nitrogens with one attached hydrogen (secondary N) is 1. The van der Waals surface area contributed by atoms with Crippen LogP contribution in [0.3, 0.4) is 0 Å². The minimum atomic E-state index is -0.841. The molecule has 0 saturated heterocycles. The Labute approximate surface area is 135 Å². The number of carbonyl (C=O) groups excluding carboxylic acids is 1. The largest absolute Gasteiger partial charge is 0.321 e. The highest BCUT2D eigenvalue weighted by molar-refractivity contribution is 6.31. The zero-order valence-corrected chi connectivity index (χ0v) is 12.5. The van der Waals surface area contributed by atoms with Crippen LogP contribution in [0.15, 0.2) is 36.4 Å². The van der Waals surface area contributed by atoms with Crippen LogP contribution in [0.2, 0.25) is 5.02 Å². The van der Waals surface area contributed by atoms with Gasteiger partial charge in [0.1, 0.15) is 5.56 Å². The van der Waals surface area contributed by atoms with Crippen molar-refractivity contribution in [2.45, 2.75) is 6.92 Å². The molecule has 0 aromatic heterocycles. The number of rotatable bonds is 4. The third kappa shape index (κ3) is 3.43. The van der Waals surface area contributed by atoms with Crippen LogP contribution >= 0.6 is 11.6 Å². The third-order valence-corrected chi connectivity index (χ3v) is 3.56. The van der Waals surface area contributed by atoms with Crippen LogP contribution < -0.4 is 5.32 Å². The number of halogens is 1. The van der Waals surface area contributed by atoms with E-state index in [2.05, 4.69) is 5.32 Å². The summed E-state index contributed by atoms with van der Waals surface area (Å²) in [6, 6.07) is 7.68. The molecule has 0 aliphatic heterocycles. The van der Waals surface area contributed by atoms with Crippen molar-refractivity contribution in [1.29, 1.82) is 0 Å². The van der Waals surface area contributed by atoms with Gasteiger partial charge in [0.05, 0.1) is 15.9 Å². The summed E-state index contributed by atoms with van der Waals surface area (Å²) in [6.07, 6.45) is 0. The van der Waals surface area contributed by atoms with E-state index in [0.29, 0.717) is 16.3 Å². The number of hydrogen-bond acceptors (Lipinski definition) is 5. The lowest BCUT2D eigenvalue weighted by Gasteiger charge is -2.09. The molecule has 0 aliphatic carbocycles. The molecule has 0 aliphatic rings. The lowest BCUT2D eigenvalue weighted by Crippen LogP contribution is -2.15. The second kappa shape index (κ2) is 6.41. The fourth-order valence-corrected chi connectivity index (χ4v) is 2.08. The molecular formula is C14H10ClN3O5. The summed E-state index contributed by atoms with van der Waals surface area (Å²) in [5.74, 6) is -0.753. The molecule has 1 N–H and O–H groups in total. The number of amides is 1. The van der Waals surface area contributed by atoms with E-state index < -0.39 is 27.1 Å². The molecule has 1 amide bonds. The van der Waals surface area contributed by atoms with Crippen molar-refractivity contribution >= 4 is 34.6 Å². The van der Waals surface area contributed by atoms with Gasteiger partial charge in [-0.2, -0.15) is 0 Å². The molecule has 0 radical (unpaired) electrons. The van der Waals surface area contributed by atoms with Crippen LogP contribution in [0, 0.1) is 27.2 Å². The Hall–Kier alpha value is -3.00. The van der Waals surface area contributed by atoms with Crippen LogP contribution in [-0.4, -0.2) is 15.8 Å². The Kier molecular flexibility index (Phi) is 4.56. The highest BCUT2D eigenvalue weighted by Crippen LogP contribution is 2.27. The Bertz CT molecular complexity index is 822. The summed E-state index contributed by atoms with van der Waals surface area (Å²) < 4.78 is 0. The molecule has 2 aromatic rings. The predicted molar refractivity (Wildman–Crippen MR) is 83.9 cm³/mol. The van der Waals surface area contributed by atoms with Crippen molar-refractivity contribution in [3.05, 3.63) is 72.8 Å². The maximum absolute atomic E-state index is 12.3. The average molecular weight is 336 g/mol. The van der Waals surface area contributed by atoms with Gasteiger partial charge in [-0.15, -0.1) is 0 Å². The molecule has 0 bridgehead atoms. The van der Waals surface area contributed by atoms with Gasteiger partial charge in [-0.3, -0.25) is 25.0 Å². The molecule has 0 fully saturated rings. The second-order valence-electron chi connectivity index (χ2n) is 4.58. The predicted octanol–water partition coefficient (Wildman–Crippen LogP) is 3.72. The summed E-state index contributed by atoms with van der Waals surface area (Å²) in [6.45, 7) is 1.68. The number of carbonyl (C=O) groups is 1. The van der Waals surface area contributed by atoms with Crippen molar-refractivity contribution in [2.24, 2.45) is 0 Å². The summed E-state index contributed by atoms with van der Waals surface area (Å²) in [5.41, 5.74) is -0.384. The fourth-order valence-electron chi connectivity index (χ4n) is 1.91. The molecule has 8 nitrogen and oxygen atoms in total. The van der Waals surface area contributed by atoms with Crippen LogP contribution in [0.25, 0.3) is 0 Å². The van der Waals surface area contributed by atoms with E-state index in [4.69, 9.17) is 11.6 Å². The Morgan fingerprint density at radius 2 is 1.83 bits per heavy atom. The summed E-state index contributed by atoms with van der Waals surface area (Å²) >= 11 is 5.95. The van der Waals surface area contributed by atoms with Gasteiger partial charge in [0.2, 0.25) is 0 Å². The SMILES string of the molecule is Cc1c(Cl)cccc1NC(=O)c1ccc([N+](=O)[O-])cc1[N+](=O)[O-]. The first-order chi connectivity index (χ1) is 10.8. The molecule has 0 spiro atoms. The number of anilines is 1. The van der Waals surface area contributed by atoms with Crippen molar-refractivity contribution in [3.63, 3.8) is 0 Å². The first-order valence-corrected chi connectivity index (χ1v) is 6.68. The number of benzene rings is 2. The Morgan fingerprint density at radius 1 is 1.13 bits per heavy atom. The number of non-ortho nitro benzene ring substituents is 1. The molecule has 0 saturated carbocycles. The minimum absolute atomic E-state index is 0.278. The van der Waals surface area contributed by atoms with Crippen LogP contribution in [0.4, 0.5) is 17.1 Å². The normalized spacial score (nSPS) is 10.2. The molecule has 0 atom stereocenters. The second-order valence-corrected chi connectivity index (χ2v) is 4.99. The lowest BCUT2D eigenvalue weighted by atomic mass is 10.1. The number of nitro groups is 2. The molecular weight excluding hydrogens is 326 g/mol. The molecule has 118 valence electrons. The summed E-state index contributed by atoms with van der Waals surface area (Å²) in [4.78, 5) is 32.4. The van der Waals surface area contributed by atoms with Gasteiger partial charge in [0, 0.05) is 16.8 Å². The molecule has 0 heterocycles. The van der Waals surface area contributed by atoms with Gasteiger partial charge in [-0.05, 0) is 30.7 Å². The Balaban J connectivity index is 2.41. The van der Waals surface area contributed by atoms with E-state index in [9.17, 15) is 25.0 Å². The van der Waals surface area contributed by atoms with E-state index in [1.54, 1.807) is 25.1 Å². The highest BCUT2D eigenvalue weighted by atomic mass is 35.5. The van der Waals surface area contributed by atoms with Gasteiger partial charge in [-0.1, -0.05) is 17.7 Å². The Morgan fingerprint density at radius 3 is 2.43 bits per heavy atom. The van der Waals surface area contributed by atoms with Gasteiger partial charge in [0.15, 0.2) is 0 Å². The van der Waals surface area contributed by atoms with Crippen LogP contribution in [0.5, 0.6) is 0 Å². The van der Waals surface area contributed by atoms with E-state index in [-0.39, 0.29) is 5.56 Å². The summed E-state index contributed by atoms with van der Waals surface area (Å²) in [5, 5.41) is 24.7. The van der Waals surface area contributed by atoms with E-state index in [1.807, 2.05) is 0 Å². The zero-order chi connectivity index (χ0) is 17.1. The van der Waals surface area contributed by atoms with E-state index in [0.717, 1.165) is 18.2 Å². The number of nitrogens with zero attached hydrogens (tertiary/aromatic N) is 2. The van der Waals surface area contributed by atoms with Crippen LogP contribution in [0.1, 0.15) is 15.9 Å². The number of hydrogen-bond donors (Lipinski definition) is 1. The maximum atomic E-state index is 12.3. The fraction of sp³-hybridized carbons (Fsp3) is 0.0714. The van der Waals surface area contributed by atoms with E-state index in [1.165, 1.54) is 0 Å². The van der Waals surface area contributed by atoms with Crippen molar-refractivity contribution < 1.29 is 14.6 Å². The smallest absolute Gasteiger partial charge is 0.289 e. The van der Waals surface area contributed by atoms with Gasteiger partial charge >= 0.3 is 0 Å². The third-order valence-electron chi connectivity index (χ3n) is 3.15. The first kappa shape index (κ1) is 16.4. The summed E-state index contributed by atoms with van der Waals surface area (Å²) in [7, 11) is 0. The van der Waals surface area contributed by atoms with Gasteiger partial charge in [0.25, 0.3) is 17.3 Å². The number of nitro benzene ring substituents is 2. The molecule has 9 heteroatoms. The van der Waals surface area contributed by atoms with Crippen molar-refractivity contribution in [3.8, 4) is 0 Å². The molecule has 23 heavy (non-hydrogen) atoms. The standard InChI is InChI=1S/C14H10ClN3O5/c1-8-11(15)3-2-4-12(8)16-14(19)10-6-5-9(17(20)21)7-13(10)18(22)23/h2-7H,1H3,(H,16,19). The van der Waals surface area contributed by atoms with Crippen LogP contribution in [-0.2, 0) is 0 Å². The van der Waals surface area contributed by atoms with Gasteiger partial charge in [-0.25, -0.2) is 0 Å². The zero-order valence-electron chi connectivity index (χ0n) is 11.8. The minimum Gasteiger partial charge on any atom is -0.321 e. The van der Waals surface area contributed by atoms with Crippen molar-refractivity contribution in [2.75, 3.05) is 5.32 Å². The first-order valence-electron chi connectivity index (χ1n) is 6.30. The van der Waals surface area contributed by atoms with Gasteiger partial charge < -0.3 is 5.32 Å². The average Bonchev–Trinajstić information content (AvgIpc) is 2.51. The van der Waals surface area contributed by atoms with Crippen molar-refractivity contribution in [1.82, 2.24) is 0 Å². The quantitative estimate of drug-likeness (QED) is 0.675. The van der Waals surface area contributed by atoms with E-state index >= 15 is 0 Å². The topological polar surface area (TPSA) is 115 Å². The molecule has 2 rings (SSSR count). The highest BCUT2D eigenvalue weighted by Gasteiger charge is 2.24.